The molecule has 1 aromatic carbocycles. The van der Waals surface area contributed by atoms with Gasteiger partial charge in [-0.2, -0.15) is 0 Å². The molecule has 1 fully saturated rings. The molecule has 1 unspecified atom stereocenters. The number of hydrogen-bond acceptors (Lipinski definition) is 3. The molecule has 0 aromatic heterocycles. The van der Waals surface area contributed by atoms with E-state index in [0.29, 0.717) is 12.3 Å². The summed E-state index contributed by atoms with van der Waals surface area (Å²) >= 11 is 0. The van der Waals surface area contributed by atoms with Gasteiger partial charge in [0.1, 0.15) is 5.75 Å². The lowest BCUT2D eigenvalue weighted by molar-refractivity contribution is -0.137. The summed E-state index contributed by atoms with van der Waals surface area (Å²) in [5.74, 6) is 1.59. The van der Waals surface area contributed by atoms with E-state index in [0.717, 1.165) is 43.8 Å². The standard InChI is InChI=1S/C16H22N2O2/c1-18(11-12-6-8-17-9-7-12)16(19)15-10-13-4-2-3-5-14(13)20-15/h2-5,12,15,17H,6-11H2,1H3. The number of ether oxygens (including phenoxy) is 1. The van der Waals surface area contributed by atoms with E-state index in [-0.39, 0.29) is 12.0 Å². The van der Waals surface area contributed by atoms with E-state index in [2.05, 4.69) is 5.32 Å². The molecule has 0 aliphatic carbocycles. The molecule has 2 heterocycles. The van der Waals surface area contributed by atoms with Crippen molar-refractivity contribution in [3.05, 3.63) is 29.8 Å². The summed E-state index contributed by atoms with van der Waals surface area (Å²) in [5, 5.41) is 3.36. The average molecular weight is 274 g/mol. The van der Waals surface area contributed by atoms with Gasteiger partial charge in [-0.3, -0.25) is 4.79 Å². The van der Waals surface area contributed by atoms with Crippen molar-refractivity contribution in [2.75, 3.05) is 26.7 Å². The van der Waals surface area contributed by atoms with Crippen LogP contribution in [0.15, 0.2) is 24.3 Å². The maximum Gasteiger partial charge on any atom is 0.263 e. The number of nitrogens with one attached hydrogen (secondary N) is 1. The molecule has 1 saturated heterocycles. The summed E-state index contributed by atoms with van der Waals surface area (Å²) in [7, 11) is 1.90. The van der Waals surface area contributed by atoms with Gasteiger partial charge < -0.3 is 15.0 Å². The molecule has 3 rings (SSSR count). The van der Waals surface area contributed by atoms with Gasteiger partial charge in [0, 0.05) is 20.0 Å². The first kappa shape index (κ1) is 13.4. The van der Waals surface area contributed by atoms with Crippen molar-refractivity contribution in [3.63, 3.8) is 0 Å². The summed E-state index contributed by atoms with van der Waals surface area (Å²) in [6, 6.07) is 7.92. The molecule has 0 saturated carbocycles. The van der Waals surface area contributed by atoms with Crippen LogP contribution in [-0.4, -0.2) is 43.6 Å². The van der Waals surface area contributed by atoms with Crippen molar-refractivity contribution in [3.8, 4) is 5.75 Å². The molecule has 2 aliphatic heterocycles. The summed E-state index contributed by atoms with van der Waals surface area (Å²) in [5.41, 5.74) is 1.14. The molecule has 2 aliphatic rings. The number of rotatable bonds is 3. The van der Waals surface area contributed by atoms with Gasteiger partial charge in [-0.1, -0.05) is 18.2 Å². The predicted octanol–water partition coefficient (Wildman–Crippen LogP) is 1.45. The molecule has 20 heavy (non-hydrogen) atoms. The van der Waals surface area contributed by atoms with Crippen molar-refractivity contribution in [1.29, 1.82) is 0 Å². The van der Waals surface area contributed by atoms with Crippen LogP contribution in [0.25, 0.3) is 0 Å². The van der Waals surface area contributed by atoms with Crippen molar-refractivity contribution < 1.29 is 9.53 Å². The number of nitrogens with zero attached hydrogens (tertiary/aromatic N) is 1. The van der Waals surface area contributed by atoms with Crippen LogP contribution >= 0.6 is 0 Å². The van der Waals surface area contributed by atoms with E-state index < -0.39 is 0 Å². The number of carbonyl (C=O) groups is 1. The molecule has 0 radical (unpaired) electrons. The third kappa shape index (κ3) is 2.80. The number of para-hydroxylation sites is 1. The van der Waals surface area contributed by atoms with Gasteiger partial charge in [-0.15, -0.1) is 0 Å². The summed E-state index contributed by atoms with van der Waals surface area (Å²) < 4.78 is 5.78. The zero-order chi connectivity index (χ0) is 13.9. The zero-order valence-electron chi connectivity index (χ0n) is 12.0. The summed E-state index contributed by atoms with van der Waals surface area (Å²) in [6.45, 7) is 2.98. The Kier molecular flexibility index (Phi) is 3.92. The second kappa shape index (κ2) is 5.83. The largest absolute Gasteiger partial charge is 0.480 e. The fourth-order valence-electron chi connectivity index (χ4n) is 3.11. The van der Waals surface area contributed by atoms with E-state index in [9.17, 15) is 4.79 Å². The first-order chi connectivity index (χ1) is 9.74. The Bertz CT molecular complexity index is 458. The van der Waals surface area contributed by atoms with E-state index in [1.165, 1.54) is 0 Å². The second-order valence-electron chi connectivity index (χ2n) is 5.83. The van der Waals surface area contributed by atoms with Crippen LogP contribution in [0.1, 0.15) is 18.4 Å². The van der Waals surface area contributed by atoms with Gasteiger partial charge in [-0.25, -0.2) is 0 Å². The van der Waals surface area contributed by atoms with Gasteiger partial charge >= 0.3 is 0 Å². The third-order valence-corrected chi connectivity index (χ3v) is 4.29. The highest BCUT2D eigenvalue weighted by Gasteiger charge is 2.31. The number of benzene rings is 1. The smallest absolute Gasteiger partial charge is 0.263 e. The number of carbonyl (C=O) groups excluding carboxylic acids is 1. The van der Waals surface area contributed by atoms with E-state index in [1.54, 1.807) is 0 Å². The molecular formula is C16H22N2O2. The van der Waals surface area contributed by atoms with Crippen LogP contribution in [0.4, 0.5) is 0 Å². The van der Waals surface area contributed by atoms with Crippen molar-refractivity contribution in [2.24, 2.45) is 5.92 Å². The molecule has 108 valence electrons. The van der Waals surface area contributed by atoms with Gasteiger partial charge in [0.05, 0.1) is 0 Å². The molecule has 1 N–H and O–H groups in total. The Morgan fingerprint density at radius 2 is 2.10 bits per heavy atom. The number of likely N-dealkylation sites (N-methyl/N-ethyl adjacent to an activating group) is 1. The third-order valence-electron chi connectivity index (χ3n) is 4.29. The highest BCUT2D eigenvalue weighted by atomic mass is 16.5. The van der Waals surface area contributed by atoms with E-state index in [1.807, 2.05) is 36.2 Å². The molecule has 0 bridgehead atoms. The van der Waals surface area contributed by atoms with Crippen LogP contribution in [0.2, 0.25) is 0 Å². The molecule has 0 spiro atoms. The quantitative estimate of drug-likeness (QED) is 0.907. The number of hydrogen-bond donors (Lipinski definition) is 1. The van der Waals surface area contributed by atoms with Crippen LogP contribution in [0.3, 0.4) is 0 Å². The molecule has 4 heteroatoms. The van der Waals surface area contributed by atoms with Gasteiger partial charge in [0.15, 0.2) is 6.10 Å². The van der Waals surface area contributed by atoms with Crippen LogP contribution in [-0.2, 0) is 11.2 Å². The molecule has 1 aromatic rings. The SMILES string of the molecule is CN(CC1CCNCC1)C(=O)C1Cc2ccccc2O1. The van der Waals surface area contributed by atoms with Gasteiger partial charge in [-0.05, 0) is 43.5 Å². The van der Waals surface area contributed by atoms with Crippen molar-refractivity contribution in [1.82, 2.24) is 10.2 Å². The Labute approximate surface area is 120 Å². The highest BCUT2D eigenvalue weighted by molar-refractivity contribution is 5.82. The fraction of sp³-hybridized carbons (Fsp3) is 0.562. The molecular weight excluding hydrogens is 252 g/mol. The lowest BCUT2D eigenvalue weighted by Gasteiger charge is -2.28. The molecule has 4 nitrogen and oxygen atoms in total. The number of piperidine rings is 1. The Morgan fingerprint density at radius 1 is 1.35 bits per heavy atom. The minimum atomic E-state index is -0.334. The minimum Gasteiger partial charge on any atom is -0.480 e. The normalized spacial score (nSPS) is 22.1. The zero-order valence-corrected chi connectivity index (χ0v) is 12.0. The number of amides is 1. The van der Waals surface area contributed by atoms with E-state index in [4.69, 9.17) is 4.74 Å². The topological polar surface area (TPSA) is 41.6 Å². The first-order valence-electron chi connectivity index (χ1n) is 7.44. The van der Waals surface area contributed by atoms with Crippen LogP contribution in [0.5, 0.6) is 5.75 Å². The lowest BCUT2D eigenvalue weighted by atomic mass is 9.97. The monoisotopic (exact) mass is 274 g/mol. The van der Waals surface area contributed by atoms with Crippen molar-refractivity contribution in [2.45, 2.75) is 25.4 Å². The highest BCUT2D eigenvalue weighted by Crippen LogP contribution is 2.29. The fourth-order valence-corrected chi connectivity index (χ4v) is 3.11. The van der Waals surface area contributed by atoms with Crippen LogP contribution < -0.4 is 10.1 Å². The minimum absolute atomic E-state index is 0.111. The Balaban J connectivity index is 1.57. The number of fused-ring (bicyclic) bond motifs is 1. The van der Waals surface area contributed by atoms with Crippen LogP contribution in [0, 0.1) is 5.92 Å². The van der Waals surface area contributed by atoms with E-state index >= 15 is 0 Å². The van der Waals surface area contributed by atoms with Crippen molar-refractivity contribution >= 4 is 5.91 Å². The second-order valence-corrected chi connectivity index (χ2v) is 5.83. The average Bonchev–Trinajstić information content (AvgIpc) is 2.91. The van der Waals surface area contributed by atoms with Gasteiger partial charge in [0.2, 0.25) is 0 Å². The lowest BCUT2D eigenvalue weighted by Crippen LogP contribution is -2.43. The summed E-state index contributed by atoms with van der Waals surface area (Å²) in [6.07, 6.45) is 2.68. The predicted molar refractivity (Wildman–Crippen MR) is 77.8 cm³/mol. The molecule has 1 atom stereocenters. The Morgan fingerprint density at radius 3 is 2.85 bits per heavy atom. The maximum absolute atomic E-state index is 12.5. The first-order valence-corrected chi connectivity index (χ1v) is 7.44. The van der Waals surface area contributed by atoms with Gasteiger partial charge in [0.25, 0.3) is 5.91 Å². The maximum atomic E-state index is 12.5. The Hall–Kier alpha value is -1.55. The molecule has 1 amide bonds. The summed E-state index contributed by atoms with van der Waals surface area (Å²) in [4.78, 5) is 14.3.